The molecule has 0 unspecified atom stereocenters. The number of rotatable bonds is 3. The maximum absolute atomic E-state index is 12.3. The van der Waals surface area contributed by atoms with Crippen LogP contribution in [0.3, 0.4) is 0 Å². The molecule has 2 aliphatic rings. The molecule has 1 heterocycles. The maximum Gasteiger partial charge on any atom is 0.410 e. The first-order chi connectivity index (χ1) is 11.7. The van der Waals surface area contributed by atoms with Gasteiger partial charge in [0, 0.05) is 32.7 Å². The van der Waals surface area contributed by atoms with Crippen LogP contribution >= 0.6 is 0 Å². The number of hydrogen-bond donors (Lipinski definition) is 1. The van der Waals surface area contributed by atoms with Gasteiger partial charge in [-0.15, -0.1) is 0 Å². The Labute approximate surface area is 152 Å². The van der Waals surface area contributed by atoms with Crippen LogP contribution in [-0.2, 0) is 4.74 Å². The summed E-state index contributed by atoms with van der Waals surface area (Å²) in [7, 11) is 1.87. The molecule has 2 fully saturated rings. The van der Waals surface area contributed by atoms with E-state index in [-0.39, 0.29) is 12.1 Å². The molecular weight excluding hydrogens is 318 g/mol. The fraction of sp³-hybridized carbons (Fsp3) is 0.895. The molecule has 2 rings (SSSR count). The highest BCUT2D eigenvalue weighted by Crippen LogP contribution is 2.21. The van der Waals surface area contributed by atoms with Crippen LogP contribution in [0.15, 0.2) is 0 Å². The van der Waals surface area contributed by atoms with E-state index < -0.39 is 5.60 Å². The number of nitrogens with one attached hydrogen (secondary N) is 1. The van der Waals surface area contributed by atoms with Gasteiger partial charge in [-0.3, -0.25) is 0 Å². The van der Waals surface area contributed by atoms with E-state index >= 15 is 0 Å². The molecule has 6 heteroatoms. The molecule has 0 radical (unpaired) electrons. The van der Waals surface area contributed by atoms with Gasteiger partial charge in [0.25, 0.3) is 0 Å². The van der Waals surface area contributed by atoms with Gasteiger partial charge in [-0.2, -0.15) is 0 Å². The molecule has 1 aliphatic carbocycles. The van der Waals surface area contributed by atoms with Gasteiger partial charge >= 0.3 is 12.1 Å². The summed E-state index contributed by atoms with van der Waals surface area (Å²) in [6, 6.07) is 0.388. The van der Waals surface area contributed by atoms with Crippen LogP contribution in [0.5, 0.6) is 0 Å². The Balaban J connectivity index is 1.70. The Morgan fingerprint density at radius 1 is 1.08 bits per heavy atom. The molecule has 1 aliphatic heterocycles. The monoisotopic (exact) mass is 353 g/mol. The first-order valence-electron chi connectivity index (χ1n) is 9.74. The number of hydrogen-bond acceptors (Lipinski definition) is 3. The van der Waals surface area contributed by atoms with Gasteiger partial charge in [0.2, 0.25) is 0 Å². The average molecular weight is 354 g/mol. The third-order valence-corrected chi connectivity index (χ3v) is 5.08. The summed E-state index contributed by atoms with van der Waals surface area (Å²) >= 11 is 0. The first-order valence-corrected chi connectivity index (χ1v) is 9.74. The summed E-state index contributed by atoms with van der Waals surface area (Å²) in [6.45, 7) is 7.82. The quantitative estimate of drug-likeness (QED) is 0.843. The zero-order valence-corrected chi connectivity index (χ0v) is 16.3. The Bertz CT molecular complexity index is 447. The van der Waals surface area contributed by atoms with Crippen LogP contribution in [0.2, 0.25) is 0 Å². The van der Waals surface area contributed by atoms with Crippen molar-refractivity contribution in [2.45, 2.75) is 77.4 Å². The number of ether oxygens (including phenoxy) is 1. The van der Waals surface area contributed by atoms with Crippen LogP contribution in [0, 0.1) is 5.92 Å². The molecule has 6 nitrogen and oxygen atoms in total. The van der Waals surface area contributed by atoms with Crippen molar-refractivity contribution in [1.82, 2.24) is 15.1 Å². The first kappa shape index (κ1) is 19.9. The molecule has 25 heavy (non-hydrogen) atoms. The van der Waals surface area contributed by atoms with Crippen molar-refractivity contribution in [3.05, 3.63) is 0 Å². The van der Waals surface area contributed by atoms with E-state index in [1.54, 1.807) is 4.90 Å². The predicted molar refractivity (Wildman–Crippen MR) is 98.6 cm³/mol. The zero-order chi connectivity index (χ0) is 18.4. The molecule has 0 aromatic rings. The molecule has 144 valence electrons. The van der Waals surface area contributed by atoms with Gasteiger partial charge in [-0.05, 0) is 52.4 Å². The van der Waals surface area contributed by atoms with E-state index in [0.29, 0.717) is 25.0 Å². The molecular formula is C19H35N3O3. The molecule has 0 atom stereocenters. The molecule has 3 amide bonds. The zero-order valence-electron chi connectivity index (χ0n) is 16.3. The van der Waals surface area contributed by atoms with Crippen molar-refractivity contribution >= 4 is 12.1 Å². The van der Waals surface area contributed by atoms with E-state index in [1.165, 1.54) is 19.3 Å². The van der Waals surface area contributed by atoms with E-state index in [2.05, 4.69) is 5.32 Å². The largest absolute Gasteiger partial charge is 0.444 e. The standard InChI is InChI=1S/C19H35N3O3/c1-19(2,3)25-18(24)22-12-10-15(11-13-22)14-21(4)17(23)20-16-8-6-5-7-9-16/h15-16H,5-14H2,1-4H3,(H,20,23). The number of nitrogens with zero attached hydrogens (tertiary/aromatic N) is 2. The van der Waals surface area contributed by atoms with Crippen LogP contribution in [0.4, 0.5) is 9.59 Å². The van der Waals surface area contributed by atoms with Crippen LogP contribution < -0.4 is 5.32 Å². The SMILES string of the molecule is CN(CC1CCN(C(=O)OC(C)(C)C)CC1)C(=O)NC1CCCCC1. The van der Waals surface area contributed by atoms with Crippen LogP contribution in [-0.4, -0.2) is 60.2 Å². The number of piperidine rings is 1. The van der Waals surface area contributed by atoms with Gasteiger partial charge < -0.3 is 19.9 Å². The second kappa shape index (κ2) is 8.77. The van der Waals surface area contributed by atoms with Gasteiger partial charge in [0.15, 0.2) is 0 Å². The smallest absolute Gasteiger partial charge is 0.410 e. The highest BCUT2D eigenvalue weighted by atomic mass is 16.6. The van der Waals surface area contributed by atoms with Crippen LogP contribution in [0.1, 0.15) is 65.7 Å². The summed E-state index contributed by atoms with van der Waals surface area (Å²) in [5, 5.41) is 3.16. The summed E-state index contributed by atoms with van der Waals surface area (Å²) in [6.07, 6.45) is 7.55. The summed E-state index contributed by atoms with van der Waals surface area (Å²) < 4.78 is 5.43. The molecule has 0 aromatic heterocycles. The number of carbonyl (C=O) groups excluding carboxylic acids is 2. The highest BCUT2D eigenvalue weighted by molar-refractivity contribution is 5.74. The van der Waals surface area contributed by atoms with Crippen molar-refractivity contribution in [2.24, 2.45) is 5.92 Å². The topological polar surface area (TPSA) is 61.9 Å². The van der Waals surface area contributed by atoms with Crippen molar-refractivity contribution in [3.8, 4) is 0 Å². The molecule has 0 aromatic carbocycles. The lowest BCUT2D eigenvalue weighted by Crippen LogP contribution is -2.47. The second-order valence-corrected chi connectivity index (χ2v) is 8.58. The van der Waals surface area contributed by atoms with E-state index in [9.17, 15) is 9.59 Å². The lowest BCUT2D eigenvalue weighted by atomic mass is 9.95. The molecule has 0 bridgehead atoms. The number of carbonyl (C=O) groups is 2. The van der Waals surface area contributed by atoms with Gasteiger partial charge in [0.1, 0.15) is 5.60 Å². The van der Waals surface area contributed by atoms with E-state index in [1.807, 2.05) is 32.7 Å². The third kappa shape index (κ3) is 6.75. The molecule has 1 N–H and O–H groups in total. The number of amides is 3. The van der Waals surface area contributed by atoms with Crippen molar-refractivity contribution in [1.29, 1.82) is 0 Å². The van der Waals surface area contributed by atoms with E-state index in [0.717, 1.165) is 32.2 Å². The minimum atomic E-state index is -0.453. The summed E-state index contributed by atoms with van der Waals surface area (Å²) in [4.78, 5) is 28.0. The minimum absolute atomic E-state index is 0.0430. The summed E-state index contributed by atoms with van der Waals surface area (Å²) in [5.74, 6) is 0.445. The lowest BCUT2D eigenvalue weighted by Gasteiger charge is -2.35. The van der Waals surface area contributed by atoms with Gasteiger partial charge in [0.05, 0.1) is 0 Å². The van der Waals surface area contributed by atoms with Gasteiger partial charge in [-0.25, -0.2) is 9.59 Å². The third-order valence-electron chi connectivity index (χ3n) is 5.08. The Morgan fingerprint density at radius 3 is 2.24 bits per heavy atom. The van der Waals surface area contributed by atoms with Crippen molar-refractivity contribution < 1.29 is 14.3 Å². The summed E-state index contributed by atoms with van der Waals surface area (Å²) in [5.41, 5.74) is -0.453. The Kier molecular flexibility index (Phi) is 6.96. The van der Waals surface area contributed by atoms with Crippen molar-refractivity contribution in [2.75, 3.05) is 26.7 Å². The maximum atomic E-state index is 12.3. The van der Waals surface area contributed by atoms with Crippen LogP contribution in [0.25, 0.3) is 0 Å². The highest BCUT2D eigenvalue weighted by Gasteiger charge is 2.28. The number of urea groups is 1. The molecule has 1 saturated heterocycles. The lowest BCUT2D eigenvalue weighted by molar-refractivity contribution is 0.0175. The van der Waals surface area contributed by atoms with Gasteiger partial charge in [-0.1, -0.05) is 19.3 Å². The number of likely N-dealkylation sites (tertiary alicyclic amines) is 1. The fourth-order valence-electron chi connectivity index (χ4n) is 3.63. The minimum Gasteiger partial charge on any atom is -0.444 e. The Morgan fingerprint density at radius 2 is 1.68 bits per heavy atom. The Hall–Kier alpha value is -1.46. The second-order valence-electron chi connectivity index (χ2n) is 8.58. The fourth-order valence-corrected chi connectivity index (χ4v) is 3.63. The van der Waals surface area contributed by atoms with Crippen molar-refractivity contribution in [3.63, 3.8) is 0 Å². The van der Waals surface area contributed by atoms with E-state index in [4.69, 9.17) is 4.74 Å². The normalized spacial score (nSPS) is 20.2. The molecule has 1 saturated carbocycles. The molecule has 0 spiro atoms. The average Bonchev–Trinajstić information content (AvgIpc) is 2.54. The predicted octanol–water partition coefficient (Wildman–Crippen LogP) is 3.61.